The third-order valence-electron chi connectivity index (χ3n) is 4.84. The van der Waals surface area contributed by atoms with Crippen LogP contribution in [-0.4, -0.2) is 39.6 Å². The quantitative estimate of drug-likeness (QED) is 0.592. The molecular formula is C23H31FO6. The molecule has 0 radical (unpaired) electrons. The largest absolute Gasteiger partial charge is 0.460 e. The predicted molar refractivity (Wildman–Crippen MR) is 108 cm³/mol. The Labute approximate surface area is 176 Å². The second-order valence-corrected chi connectivity index (χ2v) is 10.1. The first kappa shape index (κ1) is 24.0. The third kappa shape index (κ3) is 5.65. The van der Waals surface area contributed by atoms with Crippen molar-refractivity contribution in [3.8, 4) is 0 Å². The molecule has 0 spiro atoms. The number of carbonyl (C=O) groups is 3. The zero-order chi connectivity index (χ0) is 23.1. The minimum Gasteiger partial charge on any atom is -0.460 e. The number of ether oxygens (including phenoxy) is 2. The van der Waals surface area contributed by atoms with Crippen molar-refractivity contribution in [1.29, 1.82) is 0 Å². The van der Waals surface area contributed by atoms with Crippen LogP contribution in [0.25, 0.3) is 0 Å². The summed E-state index contributed by atoms with van der Waals surface area (Å²) in [5, 5.41) is 11.0. The maximum absolute atomic E-state index is 13.5. The van der Waals surface area contributed by atoms with Crippen molar-refractivity contribution in [2.45, 2.75) is 77.6 Å². The van der Waals surface area contributed by atoms with Gasteiger partial charge in [-0.1, -0.05) is 12.1 Å². The Morgan fingerprint density at radius 2 is 1.47 bits per heavy atom. The van der Waals surface area contributed by atoms with Gasteiger partial charge in [-0.05, 0) is 66.2 Å². The van der Waals surface area contributed by atoms with Crippen LogP contribution in [0.1, 0.15) is 66.4 Å². The lowest BCUT2D eigenvalue weighted by Gasteiger charge is -2.44. The molecule has 1 N–H and O–H groups in total. The fraction of sp³-hybridized carbons (Fsp3) is 0.609. The molecule has 7 heteroatoms. The van der Waals surface area contributed by atoms with Gasteiger partial charge in [-0.25, -0.2) is 4.39 Å². The molecule has 1 fully saturated rings. The Morgan fingerprint density at radius 3 is 1.93 bits per heavy atom. The predicted octanol–water partition coefficient (Wildman–Crippen LogP) is 3.55. The highest BCUT2D eigenvalue weighted by molar-refractivity contribution is 6.03. The Morgan fingerprint density at radius 1 is 1.00 bits per heavy atom. The van der Waals surface area contributed by atoms with Gasteiger partial charge in [0.15, 0.2) is 5.78 Å². The SMILES string of the molecule is CC(C)(C)OC(=O)[C@@H]1C(=O)C[C@@](C)(O)[C@H](C(=O)OC(C)(C)C)[C@@H]1c1ccc(F)cc1. The number of Topliss-reactive ketones (excluding diaryl/α,β-unsaturated/α-hetero) is 1. The molecule has 0 bridgehead atoms. The van der Waals surface area contributed by atoms with E-state index in [2.05, 4.69) is 0 Å². The highest BCUT2D eigenvalue weighted by Gasteiger charge is 2.57. The van der Waals surface area contributed by atoms with Gasteiger partial charge >= 0.3 is 11.9 Å². The van der Waals surface area contributed by atoms with Crippen LogP contribution in [0.2, 0.25) is 0 Å². The van der Waals surface area contributed by atoms with Crippen LogP contribution < -0.4 is 0 Å². The minimum absolute atomic E-state index is 0.372. The van der Waals surface area contributed by atoms with E-state index >= 15 is 0 Å². The fourth-order valence-corrected chi connectivity index (χ4v) is 3.83. The highest BCUT2D eigenvalue weighted by atomic mass is 19.1. The summed E-state index contributed by atoms with van der Waals surface area (Å²) in [6.45, 7) is 11.5. The average molecular weight is 422 g/mol. The lowest BCUT2D eigenvalue weighted by atomic mass is 9.61. The Balaban J connectivity index is 2.62. The van der Waals surface area contributed by atoms with Gasteiger partial charge in [-0.3, -0.25) is 14.4 Å². The van der Waals surface area contributed by atoms with Crippen molar-refractivity contribution in [2.75, 3.05) is 0 Å². The first-order valence-electron chi connectivity index (χ1n) is 9.98. The summed E-state index contributed by atoms with van der Waals surface area (Å²) < 4.78 is 24.5. The molecule has 1 aliphatic carbocycles. The molecule has 0 unspecified atom stereocenters. The minimum atomic E-state index is -1.75. The van der Waals surface area contributed by atoms with Crippen LogP contribution in [0.5, 0.6) is 0 Å². The molecule has 0 aliphatic heterocycles. The Hall–Kier alpha value is -2.28. The molecule has 1 aliphatic rings. The molecule has 0 amide bonds. The van der Waals surface area contributed by atoms with E-state index in [1.165, 1.54) is 31.2 Å². The fourth-order valence-electron chi connectivity index (χ4n) is 3.83. The molecule has 30 heavy (non-hydrogen) atoms. The molecule has 166 valence electrons. The van der Waals surface area contributed by atoms with Crippen LogP contribution in [0.3, 0.4) is 0 Å². The van der Waals surface area contributed by atoms with E-state index < -0.39 is 64.5 Å². The summed E-state index contributed by atoms with van der Waals surface area (Å²) in [7, 11) is 0. The van der Waals surface area contributed by atoms with Gasteiger partial charge in [0.2, 0.25) is 0 Å². The standard InChI is InChI=1S/C23H31FO6/c1-21(2,3)29-19(26)17-15(25)12-23(7,28)18(20(27)30-22(4,5)6)16(17)13-8-10-14(24)11-9-13/h8-11,16-18,28H,12H2,1-7H3/t16-,17-,18+,23-/m1/s1. The number of halogens is 1. The van der Waals surface area contributed by atoms with Crippen molar-refractivity contribution in [2.24, 2.45) is 11.8 Å². The lowest BCUT2D eigenvalue weighted by Crippen LogP contribution is -2.56. The molecule has 1 aromatic carbocycles. The summed E-state index contributed by atoms with van der Waals surface area (Å²) in [5.74, 6) is -6.18. The van der Waals surface area contributed by atoms with Gasteiger partial charge in [-0.15, -0.1) is 0 Å². The summed E-state index contributed by atoms with van der Waals surface area (Å²) in [6, 6.07) is 5.18. The summed E-state index contributed by atoms with van der Waals surface area (Å²) in [4.78, 5) is 39.1. The molecule has 0 saturated heterocycles. The van der Waals surface area contributed by atoms with Gasteiger partial charge in [0, 0.05) is 12.3 Å². The molecule has 6 nitrogen and oxygen atoms in total. The average Bonchev–Trinajstić information content (AvgIpc) is 2.50. The zero-order valence-electron chi connectivity index (χ0n) is 18.6. The van der Waals surface area contributed by atoms with Crippen molar-refractivity contribution >= 4 is 17.7 Å². The summed E-state index contributed by atoms with van der Waals surface area (Å²) in [6.07, 6.45) is -0.404. The zero-order valence-corrected chi connectivity index (χ0v) is 18.6. The van der Waals surface area contributed by atoms with Gasteiger partial charge in [0.05, 0.1) is 11.5 Å². The van der Waals surface area contributed by atoms with Crippen LogP contribution in [0.15, 0.2) is 24.3 Å². The van der Waals surface area contributed by atoms with Crippen molar-refractivity contribution < 1.29 is 33.4 Å². The maximum atomic E-state index is 13.5. The second-order valence-electron chi connectivity index (χ2n) is 10.1. The van der Waals surface area contributed by atoms with Gasteiger partial charge in [-0.2, -0.15) is 0 Å². The van der Waals surface area contributed by atoms with E-state index in [9.17, 15) is 23.9 Å². The summed E-state index contributed by atoms with van der Waals surface area (Å²) >= 11 is 0. The third-order valence-corrected chi connectivity index (χ3v) is 4.84. The van der Waals surface area contributed by atoms with E-state index in [-0.39, 0.29) is 0 Å². The second kappa shape index (κ2) is 8.10. The number of hydrogen-bond donors (Lipinski definition) is 1. The van der Waals surface area contributed by atoms with E-state index in [0.717, 1.165) is 0 Å². The molecule has 1 saturated carbocycles. The number of rotatable bonds is 3. The van der Waals surface area contributed by atoms with Crippen LogP contribution in [-0.2, 0) is 23.9 Å². The monoisotopic (exact) mass is 422 g/mol. The van der Waals surface area contributed by atoms with Gasteiger partial charge < -0.3 is 14.6 Å². The highest BCUT2D eigenvalue weighted by Crippen LogP contribution is 2.47. The number of benzene rings is 1. The normalized spacial score (nSPS) is 27.5. The summed E-state index contributed by atoms with van der Waals surface area (Å²) in [5.41, 5.74) is -3.08. The van der Waals surface area contributed by atoms with Gasteiger partial charge in [0.1, 0.15) is 22.9 Å². The number of aliphatic hydroxyl groups is 1. The molecule has 4 atom stereocenters. The van der Waals surface area contributed by atoms with Crippen LogP contribution in [0, 0.1) is 17.7 Å². The Bertz CT molecular complexity index is 814. The molecule has 2 rings (SSSR count). The maximum Gasteiger partial charge on any atom is 0.317 e. The van der Waals surface area contributed by atoms with E-state index in [4.69, 9.17) is 9.47 Å². The Kier molecular flexibility index (Phi) is 6.48. The first-order chi connectivity index (χ1) is 13.5. The van der Waals surface area contributed by atoms with Crippen molar-refractivity contribution in [3.63, 3.8) is 0 Å². The topological polar surface area (TPSA) is 89.9 Å². The van der Waals surface area contributed by atoms with Crippen LogP contribution >= 0.6 is 0 Å². The van der Waals surface area contributed by atoms with E-state index in [1.807, 2.05) is 0 Å². The number of ketones is 1. The molecule has 1 aromatic rings. The van der Waals surface area contributed by atoms with Gasteiger partial charge in [0.25, 0.3) is 0 Å². The smallest absolute Gasteiger partial charge is 0.317 e. The van der Waals surface area contributed by atoms with Crippen LogP contribution in [0.4, 0.5) is 4.39 Å². The van der Waals surface area contributed by atoms with E-state index in [0.29, 0.717) is 5.56 Å². The number of esters is 2. The molecule has 0 aromatic heterocycles. The van der Waals surface area contributed by atoms with E-state index in [1.54, 1.807) is 41.5 Å². The first-order valence-corrected chi connectivity index (χ1v) is 9.98. The molecular weight excluding hydrogens is 391 g/mol. The lowest BCUT2D eigenvalue weighted by molar-refractivity contribution is -0.182. The molecule has 0 heterocycles. The number of carbonyl (C=O) groups excluding carboxylic acids is 3. The van der Waals surface area contributed by atoms with Crippen molar-refractivity contribution in [1.82, 2.24) is 0 Å². The van der Waals surface area contributed by atoms with Crippen molar-refractivity contribution in [3.05, 3.63) is 35.6 Å². The number of hydrogen-bond acceptors (Lipinski definition) is 6.